The summed E-state index contributed by atoms with van der Waals surface area (Å²) in [6.45, 7) is 3.95. The van der Waals surface area contributed by atoms with Crippen molar-refractivity contribution in [2.75, 3.05) is 6.54 Å². The number of nitrogens with one attached hydrogen (secondary N) is 1. The van der Waals surface area contributed by atoms with Gasteiger partial charge in [-0.05, 0) is 37.2 Å². The Morgan fingerprint density at radius 3 is 3.00 bits per heavy atom. The predicted molar refractivity (Wildman–Crippen MR) is 63.9 cm³/mol. The summed E-state index contributed by atoms with van der Waals surface area (Å²) in [5.74, 6) is 1.84. The van der Waals surface area contributed by atoms with Gasteiger partial charge in [-0.2, -0.15) is 0 Å². The van der Waals surface area contributed by atoms with Crippen LogP contribution >= 0.6 is 0 Å². The highest BCUT2D eigenvalue weighted by molar-refractivity contribution is 5.55. The maximum Gasteiger partial charge on any atom is 0.135 e. The summed E-state index contributed by atoms with van der Waals surface area (Å²) in [5.41, 5.74) is 1.02. The molecule has 2 rings (SSSR count). The van der Waals surface area contributed by atoms with Crippen LogP contribution in [0.2, 0.25) is 0 Å². The van der Waals surface area contributed by atoms with Crippen molar-refractivity contribution in [1.29, 1.82) is 0 Å². The quantitative estimate of drug-likeness (QED) is 0.781. The van der Waals surface area contributed by atoms with Crippen LogP contribution in [-0.4, -0.2) is 11.5 Å². The summed E-state index contributed by atoms with van der Waals surface area (Å²) in [5, 5.41) is 3.31. The predicted octanol–water partition coefficient (Wildman–Crippen LogP) is 2.84. The Bertz CT molecular complexity index is 423. The van der Waals surface area contributed by atoms with Crippen molar-refractivity contribution < 1.29 is 4.42 Å². The van der Waals surface area contributed by atoms with Crippen LogP contribution in [0.5, 0.6) is 0 Å². The molecule has 0 saturated carbocycles. The first-order valence-corrected chi connectivity index (χ1v) is 5.60. The minimum absolute atomic E-state index is 0.786. The lowest BCUT2D eigenvalue weighted by Crippen LogP contribution is -2.12. The van der Waals surface area contributed by atoms with E-state index in [9.17, 15) is 0 Å². The first-order valence-electron chi connectivity index (χ1n) is 5.60. The van der Waals surface area contributed by atoms with Crippen LogP contribution in [-0.2, 0) is 6.54 Å². The average Bonchev–Trinajstić information content (AvgIpc) is 2.79. The van der Waals surface area contributed by atoms with E-state index in [1.807, 2.05) is 30.5 Å². The molecule has 0 aliphatic carbocycles. The molecule has 0 aliphatic heterocycles. The van der Waals surface area contributed by atoms with Crippen LogP contribution in [0.4, 0.5) is 0 Å². The van der Waals surface area contributed by atoms with Crippen LogP contribution in [0.25, 0.3) is 11.3 Å². The maximum absolute atomic E-state index is 5.71. The van der Waals surface area contributed by atoms with Crippen molar-refractivity contribution in [3.8, 4) is 11.3 Å². The topological polar surface area (TPSA) is 38.1 Å². The molecule has 2 aromatic rings. The Hall–Kier alpha value is -1.61. The zero-order valence-corrected chi connectivity index (χ0v) is 9.44. The zero-order valence-electron chi connectivity index (χ0n) is 9.44. The molecule has 0 unspecified atom stereocenters. The molecule has 0 aliphatic rings. The lowest BCUT2D eigenvalue weighted by atomic mass is 10.2. The third-order valence-corrected chi connectivity index (χ3v) is 2.33. The lowest BCUT2D eigenvalue weighted by Gasteiger charge is -1.99. The van der Waals surface area contributed by atoms with Gasteiger partial charge in [0.25, 0.3) is 0 Å². The van der Waals surface area contributed by atoms with Gasteiger partial charge in [-0.3, -0.25) is 4.98 Å². The number of rotatable bonds is 5. The van der Waals surface area contributed by atoms with Gasteiger partial charge in [-0.15, -0.1) is 0 Å². The fourth-order valence-corrected chi connectivity index (χ4v) is 1.52. The van der Waals surface area contributed by atoms with E-state index in [1.54, 1.807) is 6.20 Å². The van der Waals surface area contributed by atoms with Crippen LogP contribution < -0.4 is 5.32 Å². The van der Waals surface area contributed by atoms with E-state index in [-0.39, 0.29) is 0 Å². The molecular formula is C13H16N2O. The van der Waals surface area contributed by atoms with E-state index in [2.05, 4.69) is 17.2 Å². The number of hydrogen-bond acceptors (Lipinski definition) is 3. The number of nitrogens with zero attached hydrogens (tertiary/aromatic N) is 1. The Balaban J connectivity index is 2.02. The van der Waals surface area contributed by atoms with E-state index in [4.69, 9.17) is 4.42 Å². The molecule has 2 aromatic heterocycles. The average molecular weight is 216 g/mol. The standard InChI is InChI=1S/C13H16N2O/c1-2-7-14-10-12-5-6-13(16-12)11-4-3-8-15-9-11/h3-6,8-9,14H,2,7,10H2,1H3. The first kappa shape index (κ1) is 10.9. The fraction of sp³-hybridized carbons (Fsp3) is 0.308. The lowest BCUT2D eigenvalue weighted by molar-refractivity contribution is 0.493. The van der Waals surface area contributed by atoms with Crippen molar-refractivity contribution in [3.05, 3.63) is 42.4 Å². The van der Waals surface area contributed by atoms with Crippen molar-refractivity contribution >= 4 is 0 Å². The van der Waals surface area contributed by atoms with Crippen LogP contribution in [0.1, 0.15) is 19.1 Å². The number of hydrogen-bond donors (Lipinski definition) is 1. The molecule has 0 saturated heterocycles. The molecule has 0 bridgehead atoms. The van der Waals surface area contributed by atoms with E-state index >= 15 is 0 Å². The molecule has 3 nitrogen and oxygen atoms in total. The van der Waals surface area contributed by atoms with Crippen LogP contribution in [0.15, 0.2) is 41.1 Å². The maximum atomic E-state index is 5.71. The molecule has 2 heterocycles. The molecule has 16 heavy (non-hydrogen) atoms. The van der Waals surface area contributed by atoms with Crippen LogP contribution in [0.3, 0.4) is 0 Å². The zero-order chi connectivity index (χ0) is 11.2. The van der Waals surface area contributed by atoms with Gasteiger partial charge in [-0.1, -0.05) is 6.92 Å². The second-order valence-electron chi connectivity index (χ2n) is 3.68. The van der Waals surface area contributed by atoms with Crippen molar-refractivity contribution in [3.63, 3.8) is 0 Å². The second-order valence-corrected chi connectivity index (χ2v) is 3.68. The molecule has 0 amide bonds. The Morgan fingerprint density at radius 2 is 2.25 bits per heavy atom. The van der Waals surface area contributed by atoms with Gasteiger partial charge in [0.1, 0.15) is 11.5 Å². The number of furan rings is 1. The first-order chi connectivity index (χ1) is 7.90. The SMILES string of the molecule is CCCNCc1ccc(-c2cccnc2)o1. The Labute approximate surface area is 95.5 Å². The summed E-state index contributed by atoms with van der Waals surface area (Å²) in [6, 6.07) is 7.90. The van der Waals surface area contributed by atoms with Gasteiger partial charge in [-0.25, -0.2) is 0 Å². The molecule has 1 N–H and O–H groups in total. The summed E-state index contributed by atoms with van der Waals surface area (Å²) in [7, 11) is 0. The molecule has 0 radical (unpaired) electrons. The van der Waals surface area contributed by atoms with Crippen molar-refractivity contribution in [2.45, 2.75) is 19.9 Å². The highest BCUT2D eigenvalue weighted by Gasteiger charge is 2.03. The van der Waals surface area contributed by atoms with E-state index in [0.717, 1.165) is 36.6 Å². The smallest absolute Gasteiger partial charge is 0.135 e. The highest BCUT2D eigenvalue weighted by atomic mass is 16.3. The number of pyridine rings is 1. The van der Waals surface area contributed by atoms with Gasteiger partial charge in [0.2, 0.25) is 0 Å². The summed E-state index contributed by atoms with van der Waals surface area (Å²) >= 11 is 0. The monoisotopic (exact) mass is 216 g/mol. The van der Waals surface area contributed by atoms with Gasteiger partial charge in [0.05, 0.1) is 6.54 Å². The summed E-state index contributed by atoms with van der Waals surface area (Å²) < 4.78 is 5.71. The number of aromatic nitrogens is 1. The molecular weight excluding hydrogens is 200 g/mol. The largest absolute Gasteiger partial charge is 0.460 e. The minimum Gasteiger partial charge on any atom is -0.460 e. The van der Waals surface area contributed by atoms with Crippen molar-refractivity contribution in [1.82, 2.24) is 10.3 Å². The Morgan fingerprint density at radius 1 is 1.31 bits per heavy atom. The summed E-state index contributed by atoms with van der Waals surface area (Å²) in [4.78, 5) is 4.07. The summed E-state index contributed by atoms with van der Waals surface area (Å²) in [6.07, 6.45) is 4.70. The van der Waals surface area contributed by atoms with E-state index < -0.39 is 0 Å². The molecule has 84 valence electrons. The molecule has 0 aromatic carbocycles. The van der Waals surface area contributed by atoms with Crippen LogP contribution in [0, 0.1) is 0 Å². The van der Waals surface area contributed by atoms with E-state index in [0.29, 0.717) is 0 Å². The Kier molecular flexibility index (Phi) is 3.72. The fourth-order valence-electron chi connectivity index (χ4n) is 1.52. The molecule has 3 heteroatoms. The highest BCUT2D eigenvalue weighted by Crippen LogP contribution is 2.20. The van der Waals surface area contributed by atoms with Gasteiger partial charge < -0.3 is 9.73 Å². The second kappa shape index (κ2) is 5.47. The minimum atomic E-state index is 0.786. The normalized spacial score (nSPS) is 10.6. The van der Waals surface area contributed by atoms with Crippen molar-refractivity contribution in [2.24, 2.45) is 0 Å². The third kappa shape index (κ3) is 2.70. The molecule has 0 fully saturated rings. The van der Waals surface area contributed by atoms with Gasteiger partial charge in [0.15, 0.2) is 0 Å². The molecule has 0 atom stereocenters. The van der Waals surface area contributed by atoms with Gasteiger partial charge >= 0.3 is 0 Å². The molecule has 0 spiro atoms. The van der Waals surface area contributed by atoms with Gasteiger partial charge in [0, 0.05) is 18.0 Å². The van der Waals surface area contributed by atoms with E-state index in [1.165, 1.54) is 0 Å². The third-order valence-electron chi connectivity index (χ3n) is 2.33.